The van der Waals surface area contributed by atoms with E-state index in [0.29, 0.717) is 0 Å². The maximum absolute atomic E-state index is 7.29. The second-order valence-corrected chi connectivity index (χ2v) is 11.4. The average Bonchev–Trinajstić information content (AvgIpc) is 3.47. The summed E-state index contributed by atoms with van der Waals surface area (Å²) in [5.74, 6) is 1.63. The molecule has 9 rings (SSSR count). The minimum absolute atomic E-state index is 0.805. The Hall–Kier alpha value is -6.26. The molecule has 8 aromatic rings. The molecule has 0 saturated carbocycles. The maximum atomic E-state index is 7.29. The third kappa shape index (κ3) is 4.08. The molecule has 0 fully saturated rings. The molecule has 2 heterocycles. The lowest BCUT2D eigenvalue weighted by Crippen LogP contribution is -2.16. The minimum atomic E-state index is 0.805. The summed E-state index contributed by atoms with van der Waals surface area (Å²) in [5, 5.41) is 2.36. The Labute approximate surface area is 267 Å². The Morgan fingerprint density at radius 1 is 0.370 bits per heavy atom. The number of rotatable bonds is 6. The van der Waals surface area contributed by atoms with E-state index in [2.05, 4.69) is 190 Å². The number of nitrogens with zero attached hydrogens (tertiary/aromatic N) is 3. The summed E-state index contributed by atoms with van der Waals surface area (Å²) in [4.78, 5) is 4.57. The van der Waals surface area contributed by atoms with Crippen molar-refractivity contribution in [2.75, 3.05) is 9.80 Å². The molecule has 1 aliphatic heterocycles. The number of anilines is 6. The van der Waals surface area contributed by atoms with Crippen LogP contribution < -0.4 is 14.5 Å². The molecule has 0 radical (unpaired) electrons. The van der Waals surface area contributed by atoms with Crippen LogP contribution in [0.1, 0.15) is 0 Å². The van der Waals surface area contributed by atoms with Crippen molar-refractivity contribution in [1.29, 1.82) is 0 Å². The molecule has 0 saturated heterocycles. The zero-order valence-electron chi connectivity index (χ0n) is 25.0. The Morgan fingerprint density at radius 3 is 1.39 bits per heavy atom. The molecule has 7 aromatic carbocycles. The van der Waals surface area contributed by atoms with Crippen LogP contribution in [0.5, 0.6) is 11.5 Å². The van der Waals surface area contributed by atoms with Crippen molar-refractivity contribution in [2.24, 2.45) is 0 Å². The molecule has 0 bridgehead atoms. The van der Waals surface area contributed by atoms with E-state index < -0.39 is 0 Å². The van der Waals surface area contributed by atoms with Gasteiger partial charge in [0, 0.05) is 33.5 Å². The van der Waals surface area contributed by atoms with Crippen LogP contribution in [-0.2, 0) is 0 Å². The van der Waals surface area contributed by atoms with E-state index in [0.717, 1.165) is 67.7 Å². The monoisotopic (exact) mass is 591 g/mol. The summed E-state index contributed by atoms with van der Waals surface area (Å²) < 4.78 is 9.67. The Balaban J connectivity index is 1.36. The van der Waals surface area contributed by atoms with Crippen molar-refractivity contribution in [2.45, 2.75) is 0 Å². The van der Waals surface area contributed by atoms with Gasteiger partial charge in [0.05, 0.1) is 28.1 Å². The highest BCUT2D eigenvalue weighted by Gasteiger charge is 2.31. The Bertz CT molecular complexity index is 2250. The van der Waals surface area contributed by atoms with Crippen molar-refractivity contribution in [3.8, 4) is 17.2 Å². The van der Waals surface area contributed by atoms with Gasteiger partial charge in [0.25, 0.3) is 0 Å². The first-order valence-electron chi connectivity index (χ1n) is 15.5. The van der Waals surface area contributed by atoms with Crippen molar-refractivity contribution >= 4 is 55.9 Å². The summed E-state index contributed by atoms with van der Waals surface area (Å²) in [5.41, 5.74) is 9.39. The van der Waals surface area contributed by atoms with Crippen LogP contribution in [0.25, 0.3) is 27.5 Å². The van der Waals surface area contributed by atoms with Crippen molar-refractivity contribution in [1.82, 2.24) is 4.57 Å². The van der Waals surface area contributed by atoms with Gasteiger partial charge in [0.15, 0.2) is 11.5 Å². The number of para-hydroxylation sites is 6. The van der Waals surface area contributed by atoms with Crippen LogP contribution in [-0.4, -0.2) is 4.57 Å². The molecule has 0 unspecified atom stereocenters. The highest BCUT2D eigenvalue weighted by molar-refractivity contribution is 6.14. The van der Waals surface area contributed by atoms with Gasteiger partial charge in [-0.15, -0.1) is 0 Å². The summed E-state index contributed by atoms with van der Waals surface area (Å²) >= 11 is 0. The number of hydrogen-bond donors (Lipinski definition) is 0. The van der Waals surface area contributed by atoms with Crippen molar-refractivity contribution in [3.05, 3.63) is 176 Å². The summed E-state index contributed by atoms with van der Waals surface area (Å²) in [6, 6.07) is 61.6. The predicted octanol–water partition coefficient (Wildman–Crippen LogP) is 11.8. The van der Waals surface area contributed by atoms with Crippen LogP contribution in [0.2, 0.25) is 0 Å². The summed E-state index contributed by atoms with van der Waals surface area (Å²) in [7, 11) is 0. The predicted molar refractivity (Wildman–Crippen MR) is 190 cm³/mol. The lowest BCUT2D eigenvalue weighted by Gasteiger charge is -2.33. The first kappa shape index (κ1) is 26.2. The van der Waals surface area contributed by atoms with Gasteiger partial charge in [-0.25, -0.2) is 0 Å². The highest BCUT2D eigenvalue weighted by Crippen LogP contribution is 2.55. The molecule has 0 N–H and O–H groups in total. The topological polar surface area (TPSA) is 20.6 Å². The molecular weight excluding hydrogens is 562 g/mol. The van der Waals surface area contributed by atoms with E-state index in [1.807, 2.05) is 0 Å². The van der Waals surface area contributed by atoms with Crippen LogP contribution >= 0.6 is 0 Å². The minimum Gasteiger partial charge on any atom is -0.448 e. The Morgan fingerprint density at radius 2 is 0.848 bits per heavy atom. The normalized spacial score (nSPS) is 11.7. The van der Waals surface area contributed by atoms with E-state index in [1.54, 1.807) is 0 Å². The molecule has 4 heteroatoms. The number of fused-ring (bicyclic) bond motifs is 5. The fraction of sp³-hybridized carbons (Fsp3) is 0. The molecule has 218 valence electrons. The van der Waals surface area contributed by atoms with Gasteiger partial charge in [0.1, 0.15) is 0 Å². The molecule has 0 aliphatic carbocycles. The van der Waals surface area contributed by atoms with Gasteiger partial charge in [0.2, 0.25) is 0 Å². The molecule has 0 amide bonds. The first-order chi connectivity index (χ1) is 22.9. The van der Waals surface area contributed by atoms with E-state index in [-0.39, 0.29) is 0 Å². The molecule has 1 aromatic heterocycles. The fourth-order valence-corrected chi connectivity index (χ4v) is 6.78. The SMILES string of the molecule is c1ccc(N(c2ccccc2)c2cccc3c2Oc2c(N(c4ccccc4)c4ccccc4)ccc4c5ccccc5n-3c24)cc1. The third-order valence-electron chi connectivity index (χ3n) is 8.73. The van der Waals surface area contributed by atoms with Gasteiger partial charge in [-0.2, -0.15) is 0 Å². The van der Waals surface area contributed by atoms with Crippen LogP contribution in [0.4, 0.5) is 34.1 Å². The quantitative estimate of drug-likeness (QED) is 0.192. The lowest BCUT2D eigenvalue weighted by atomic mass is 10.1. The second-order valence-electron chi connectivity index (χ2n) is 11.4. The molecule has 46 heavy (non-hydrogen) atoms. The maximum Gasteiger partial charge on any atom is 0.176 e. The number of aromatic nitrogens is 1. The van der Waals surface area contributed by atoms with E-state index in [4.69, 9.17) is 4.74 Å². The smallest absolute Gasteiger partial charge is 0.176 e. The molecule has 1 aliphatic rings. The van der Waals surface area contributed by atoms with E-state index in [9.17, 15) is 0 Å². The zero-order chi connectivity index (χ0) is 30.5. The summed E-state index contributed by atoms with van der Waals surface area (Å²) in [6.45, 7) is 0. The molecular formula is C42H29N3O. The van der Waals surface area contributed by atoms with E-state index >= 15 is 0 Å². The zero-order valence-corrected chi connectivity index (χ0v) is 25.0. The van der Waals surface area contributed by atoms with Crippen LogP contribution in [0.3, 0.4) is 0 Å². The standard InChI is InChI=1S/C42H29N3O/c1-5-16-30(17-6-1)43(31-18-7-2-8-19-31)37-26-15-27-38-41(37)46-42-39(29-28-35-34-24-13-14-25-36(34)45(38)40(35)42)44(32-20-9-3-10-21-32)33-22-11-4-12-23-33/h1-29H. The van der Waals surface area contributed by atoms with Gasteiger partial charge >= 0.3 is 0 Å². The van der Waals surface area contributed by atoms with Crippen LogP contribution in [0, 0.1) is 0 Å². The lowest BCUT2D eigenvalue weighted by molar-refractivity contribution is 0.478. The van der Waals surface area contributed by atoms with Gasteiger partial charge in [-0.05, 0) is 78.9 Å². The molecule has 4 nitrogen and oxygen atoms in total. The van der Waals surface area contributed by atoms with Gasteiger partial charge in [-0.3, -0.25) is 0 Å². The molecule has 0 spiro atoms. The summed E-state index contributed by atoms with van der Waals surface area (Å²) in [6.07, 6.45) is 0. The third-order valence-corrected chi connectivity index (χ3v) is 8.73. The fourth-order valence-electron chi connectivity index (χ4n) is 6.78. The average molecular weight is 592 g/mol. The Kier molecular flexibility index (Phi) is 6.10. The van der Waals surface area contributed by atoms with Crippen LogP contribution in [0.15, 0.2) is 176 Å². The van der Waals surface area contributed by atoms with Gasteiger partial charge in [-0.1, -0.05) is 97.1 Å². The van der Waals surface area contributed by atoms with Crippen molar-refractivity contribution < 1.29 is 4.74 Å². The van der Waals surface area contributed by atoms with E-state index in [1.165, 1.54) is 5.39 Å². The number of ether oxygens (including phenoxy) is 1. The van der Waals surface area contributed by atoms with Crippen molar-refractivity contribution in [3.63, 3.8) is 0 Å². The number of benzene rings is 7. The first-order valence-corrected chi connectivity index (χ1v) is 15.5. The number of hydrogen-bond acceptors (Lipinski definition) is 3. The largest absolute Gasteiger partial charge is 0.448 e. The van der Waals surface area contributed by atoms with Gasteiger partial charge < -0.3 is 19.1 Å². The highest BCUT2D eigenvalue weighted by atomic mass is 16.5. The second kappa shape index (κ2) is 10.7. The molecule has 0 atom stereocenters.